The molecule has 0 bridgehead atoms. The largest absolute Gasteiger partial charge is 0.368 e. The summed E-state index contributed by atoms with van der Waals surface area (Å²) in [4.78, 5) is 30.2. The van der Waals surface area contributed by atoms with Crippen LogP contribution < -0.4 is 5.73 Å². The van der Waals surface area contributed by atoms with Gasteiger partial charge in [-0.1, -0.05) is 42.1 Å². The van der Waals surface area contributed by atoms with Crippen molar-refractivity contribution < 1.29 is 9.59 Å². The lowest BCUT2D eigenvalue weighted by Crippen LogP contribution is -2.51. The van der Waals surface area contributed by atoms with Crippen LogP contribution in [0.4, 0.5) is 0 Å². The molecule has 1 fully saturated rings. The number of piperidine rings is 1. The predicted molar refractivity (Wildman–Crippen MR) is 96.8 cm³/mol. The molecule has 5 nitrogen and oxygen atoms in total. The molecule has 2 N–H and O–H groups in total. The number of nitrogens with two attached hydrogens (primary N) is 1. The number of aromatic nitrogens is 1. The maximum absolute atomic E-state index is 12.4. The Hall–Kier alpha value is -1.86. The Morgan fingerprint density at radius 1 is 1.29 bits per heavy atom. The third-order valence-corrected chi connectivity index (χ3v) is 6.03. The standard InChI is InChI=1S/C17H19N3O2S2/c18-16(22)14-8-4-5-9-20(14)15(21)11-24-17-19-13(10-23-17)12-6-2-1-3-7-12/h1-3,6-7,10,14H,4-5,8-9,11H2,(H2,18,22)/t14-/m0/s1. The van der Waals surface area contributed by atoms with Crippen LogP contribution in [0.15, 0.2) is 40.1 Å². The zero-order valence-electron chi connectivity index (χ0n) is 13.2. The molecule has 2 heterocycles. The van der Waals surface area contributed by atoms with Gasteiger partial charge < -0.3 is 10.6 Å². The number of thiazole rings is 1. The van der Waals surface area contributed by atoms with Crippen LogP contribution in [0, 0.1) is 0 Å². The number of likely N-dealkylation sites (tertiary alicyclic amines) is 1. The van der Waals surface area contributed by atoms with E-state index in [0.29, 0.717) is 13.0 Å². The summed E-state index contributed by atoms with van der Waals surface area (Å²) >= 11 is 2.95. The Morgan fingerprint density at radius 2 is 2.08 bits per heavy atom. The highest BCUT2D eigenvalue weighted by Gasteiger charge is 2.30. The molecule has 2 amide bonds. The summed E-state index contributed by atoms with van der Waals surface area (Å²) in [5.41, 5.74) is 7.41. The summed E-state index contributed by atoms with van der Waals surface area (Å²) in [6.07, 6.45) is 2.54. The molecule has 1 aromatic heterocycles. The van der Waals surface area contributed by atoms with E-state index < -0.39 is 11.9 Å². The number of rotatable bonds is 5. The topological polar surface area (TPSA) is 76.3 Å². The normalized spacial score (nSPS) is 17.7. The van der Waals surface area contributed by atoms with E-state index in [1.54, 1.807) is 4.90 Å². The highest BCUT2D eigenvalue weighted by atomic mass is 32.2. The zero-order valence-corrected chi connectivity index (χ0v) is 14.8. The fourth-order valence-electron chi connectivity index (χ4n) is 2.80. The highest BCUT2D eigenvalue weighted by Crippen LogP contribution is 2.29. The maximum Gasteiger partial charge on any atom is 0.240 e. The fourth-order valence-corrected chi connectivity index (χ4v) is 4.52. The van der Waals surface area contributed by atoms with Gasteiger partial charge in [-0.15, -0.1) is 11.3 Å². The average Bonchev–Trinajstić information content (AvgIpc) is 3.09. The fraction of sp³-hybridized carbons (Fsp3) is 0.353. The Morgan fingerprint density at radius 3 is 2.83 bits per heavy atom. The first-order valence-electron chi connectivity index (χ1n) is 7.87. The van der Waals surface area contributed by atoms with E-state index in [4.69, 9.17) is 5.73 Å². The van der Waals surface area contributed by atoms with Gasteiger partial charge >= 0.3 is 0 Å². The minimum absolute atomic E-state index is 0.0417. The molecule has 3 rings (SSSR count). The van der Waals surface area contributed by atoms with Gasteiger partial charge in [0.05, 0.1) is 11.4 Å². The van der Waals surface area contributed by atoms with Crippen molar-refractivity contribution in [3.05, 3.63) is 35.7 Å². The Balaban J connectivity index is 1.60. The van der Waals surface area contributed by atoms with Crippen molar-refractivity contribution >= 4 is 34.9 Å². The number of carbonyl (C=O) groups excluding carboxylic acids is 2. The molecule has 0 aliphatic carbocycles. The van der Waals surface area contributed by atoms with Gasteiger partial charge in [0.2, 0.25) is 11.8 Å². The summed E-state index contributed by atoms with van der Waals surface area (Å²) in [7, 11) is 0. The van der Waals surface area contributed by atoms with E-state index in [2.05, 4.69) is 4.98 Å². The Bertz CT molecular complexity index is 718. The highest BCUT2D eigenvalue weighted by molar-refractivity contribution is 8.01. The van der Waals surface area contributed by atoms with E-state index in [1.165, 1.54) is 23.1 Å². The van der Waals surface area contributed by atoms with Gasteiger partial charge in [0.25, 0.3) is 0 Å². The van der Waals surface area contributed by atoms with Crippen LogP contribution >= 0.6 is 23.1 Å². The van der Waals surface area contributed by atoms with Crippen molar-refractivity contribution in [3.63, 3.8) is 0 Å². The maximum atomic E-state index is 12.4. The number of amides is 2. The molecule has 7 heteroatoms. The molecule has 126 valence electrons. The minimum atomic E-state index is -0.456. The molecule has 1 aromatic carbocycles. The third kappa shape index (κ3) is 3.96. The van der Waals surface area contributed by atoms with Gasteiger partial charge in [0.1, 0.15) is 6.04 Å². The molecule has 1 aliphatic rings. The van der Waals surface area contributed by atoms with E-state index in [-0.39, 0.29) is 11.7 Å². The van der Waals surface area contributed by atoms with Crippen molar-refractivity contribution in [3.8, 4) is 11.3 Å². The number of hydrogen-bond acceptors (Lipinski definition) is 5. The van der Waals surface area contributed by atoms with Crippen molar-refractivity contribution in [2.24, 2.45) is 5.73 Å². The predicted octanol–water partition coefficient (Wildman–Crippen LogP) is 2.77. The van der Waals surface area contributed by atoms with Crippen molar-refractivity contribution in [2.45, 2.75) is 29.6 Å². The number of hydrogen-bond donors (Lipinski definition) is 1. The molecular formula is C17H19N3O2S2. The molecule has 1 atom stereocenters. The summed E-state index contributed by atoms with van der Waals surface area (Å²) in [5.74, 6) is -0.167. The van der Waals surface area contributed by atoms with Gasteiger partial charge in [-0.25, -0.2) is 4.98 Å². The average molecular weight is 361 g/mol. The second-order valence-electron chi connectivity index (χ2n) is 5.65. The smallest absolute Gasteiger partial charge is 0.240 e. The van der Waals surface area contributed by atoms with Crippen molar-refractivity contribution in [1.82, 2.24) is 9.88 Å². The van der Waals surface area contributed by atoms with E-state index in [1.807, 2.05) is 35.7 Å². The Labute approximate surface area is 149 Å². The second kappa shape index (κ2) is 7.81. The lowest BCUT2D eigenvalue weighted by atomic mass is 10.0. The third-order valence-electron chi connectivity index (χ3n) is 4.02. The number of benzene rings is 1. The summed E-state index contributed by atoms with van der Waals surface area (Å²) < 4.78 is 0.856. The van der Waals surface area contributed by atoms with Crippen LogP contribution in [-0.4, -0.2) is 40.0 Å². The van der Waals surface area contributed by atoms with Crippen molar-refractivity contribution in [2.75, 3.05) is 12.3 Å². The monoisotopic (exact) mass is 361 g/mol. The van der Waals surface area contributed by atoms with Crippen LogP contribution in [0.3, 0.4) is 0 Å². The van der Waals surface area contributed by atoms with Crippen LogP contribution in [0.5, 0.6) is 0 Å². The first-order chi connectivity index (χ1) is 11.6. The summed E-state index contributed by atoms with van der Waals surface area (Å²) in [6.45, 7) is 0.611. The van der Waals surface area contributed by atoms with Crippen molar-refractivity contribution in [1.29, 1.82) is 0 Å². The quantitative estimate of drug-likeness (QED) is 0.831. The van der Waals surface area contributed by atoms with Crippen LogP contribution in [0.2, 0.25) is 0 Å². The lowest BCUT2D eigenvalue weighted by Gasteiger charge is -2.33. The second-order valence-corrected chi connectivity index (χ2v) is 7.74. The first kappa shape index (κ1) is 17.0. The molecule has 0 radical (unpaired) electrons. The van der Waals surface area contributed by atoms with Gasteiger partial charge in [-0.05, 0) is 19.3 Å². The number of carbonyl (C=O) groups is 2. The van der Waals surface area contributed by atoms with E-state index >= 15 is 0 Å². The van der Waals surface area contributed by atoms with E-state index in [0.717, 1.165) is 28.4 Å². The molecular weight excluding hydrogens is 342 g/mol. The van der Waals surface area contributed by atoms with Crippen LogP contribution in [0.1, 0.15) is 19.3 Å². The number of nitrogens with zero attached hydrogens (tertiary/aromatic N) is 2. The number of thioether (sulfide) groups is 1. The van der Waals surface area contributed by atoms with Gasteiger partial charge in [0.15, 0.2) is 4.34 Å². The molecule has 24 heavy (non-hydrogen) atoms. The SMILES string of the molecule is NC(=O)[C@@H]1CCCCN1C(=O)CSc1nc(-c2ccccc2)cs1. The van der Waals surface area contributed by atoms with Crippen LogP contribution in [-0.2, 0) is 9.59 Å². The first-order valence-corrected chi connectivity index (χ1v) is 9.74. The van der Waals surface area contributed by atoms with E-state index in [9.17, 15) is 9.59 Å². The number of primary amides is 1. The Kier molecular flexibility index (Phi) is 5.52. The molecule has 0 spiro atoms. The molecule has 2 aromatic rings. The molecule has 1 saturated heterocycles. The molecule has 1 aliphatic heterocycles. The van der Waals surface area contributed by atoms with Crippen LogP contribution in [0.25, 0.3) is 11.3 Å². The van der Waals surface area contributed by atoms with Gasteiger partial charge in [-0.3, -0.25) is 9.59 Å². The zero-order chi connectivity index (χ0) is 16.9. The van der Waals surface area contributed by atoms with Gasteiger partial charge in [0, 0.05) is 17.5 Å². The summed E-state index contributed by atoms with van der Waals surface area (Å²) in [6, 6.07) is 9.50. The lowest BCUT2D eigenvalue weighted by molar-refractivity contribution is -0.138. The minimum Gasteiger partial charge on any atom is -0.368 e. The van der Waals surface area contributed by atoms with Gasteiger partial charge in [-0.2, -0.15) is 0 Å². The molecule has 0 unspecified atom stereocenters. The summed E-state index contributed by atoms with van der Waals surface area (Å²) in [5, 5.41) is 2.00. The molecule has 0 saturated carbocycles.